The lowest BCUT2D eigenvalue weighted by atomic mass is 9.97. The molecule has 0 bridgehead atoms. The average Bonchev–Trinajstić information content (AvgIpc) is 2.27. The Hall–Kier alpha value is -1.08. The highest BCUT2D eigenvalue weighted by molar-refractivity contribution is 5.30. The fraction of sp³-hybridized carbons (Fsp3) is 0.429. The van der Waals surface area contributed by atoms with Gasteiger partial charge >= 0.3 is 0 Å². The van der Waals surface area contributed by atoms with Crippen molar-refractivity contribution < 1.29 is 5.11 Å². The van der Waals surface area contributed by atoms with Crippen molar-refractivity contribution in [2.45, 2.75) is 38.7 Å². The lowest BCUT2D eigenvalue weighted by molar-refractivity contribution is 0.163. The first-order chi connectivity index (χ1) is 7.29. The predicted molar refractivity (Wildman–Crippen MR) is 64.8 cm³/mol. The van der Waals surface area contributed by atoms with Crippen molar-refractivity contribution in [2.24, 2.45) is 0 Å². The summed E-state index contributed by atoms with van der Waals surface area (Å²) in [5.74, 6) is 0. The van der Waals surface area contributed by atoms with Crippen molar-refractivity contribution in [3.8, 4) is 0 Å². The van der Waals surface area contributed by atoms with Gasteiger partial charge in [0.05, 0.1) is 6.10 Å². The van der Waals surface area contributed by atoms with E-state index in [1.807, 2.05) is 24.3 Å². The Bertz CT molecular complexity index is 304. The zero-order valence-corrected chi connectivity index (χ0v) is 9.45. The molecular weight excluding hydrogens is 184 g/mol. The quantitative estimate of drug-likeness (QED) is 0.701. The molecule has 0 aliphatic heterocycles. The zero-order valence-electron chi connectivity index (χ0n) is 9.45. The van der Waals surface area contributed by atoms with Crippen molar-refractivity contribution in [1.29, 1.82) is 0 Å². The van der Waals surface area contributed by atoms with E-state index in [9.17, 15) is 5.11 Å². The average molecular weight is 204 g/mol. The van der Waals surface area contributed by atoms with Gasteiger partial charge in [-0.1, -0.05) is 50.1 Å². The fourth-order valence-electron chi connectivity index (χ4n) is 1.75. The number of aliphatic hydroxyl groups excluding tert-OH is 1. The van der Waals surface area contributed by atoms with Crippen LogP contribution in [0.15, 0.2) is 36.9 Å². The number of hydrogen-bond donors (Lipinski definition) is 1. The first-order valence-electron chi connectivity index (χ1n) is 5.66. The molecule has 0 saturated heterocycles. The number of hydrogen-bond acceptors (Lipinski definition) is 1. The van der Waals surface area contributed by atoms with E-state index in [2.05, 4.69) is 19.6 Å². The van der Waals surface area contributed by atoms with Gasteiger partial charge in [-0.2, -0.15) is 0 Å². The molecule has 0 aromatic heterocycles. The molecule has 0 aliphatic rings. The zero-order chi connectivity index (χ0) is 11.1. The van der Waals surface area contributed by atoms with Crippen LogP contribution in [0.25, 0.3) is 0 Å². The van der Waals surface area contributed by atoms with Crippen molar-refractivity contribution in [3.05, 3.63) is 48.0 Å². The standard InChI is InChI=1S/C14H20O/c1-3-5-11-14(15)13-10-7-6-9-12(13)8-4-2/h4,6-7,9-10,14-15H,2-3,5,8,11H2,1H3. The van der Waals surface area contributed by atoms with Crippen LogP contribution in [0.1, 0.15) is 43.4 Å². The van der Waals surface area contributed by atoms with Crippen LogP contribution in [0.5, 0.6) is 0 Å². The number of benzene rings is 1. The van der Waals surface area contributed by atoms with E-state index in [-0.39, 0.29) is 6.10 Å². The molecule has 1 atom stereocenters. The minimum Gasteiger partial charge on any atom is -0.388 e. The van der Waals surface area contributed by atoms with Crippen LogP contribution in [0.3, 0.4) is 0 Å². The lowest BCUT2D eigenvalue weighted by Crippen LogP contribution is -2.01. The predicted octanol–water partition coefficient (Wildman–Crippen LogP) is 3.64. The van der Waals surface area contributed by atoms with Crippen LogP contribution in [0.4, 0.5) is 0 Å². The Labute approximate surface area is 92.5 Å². The maximum absolute atomic E-state index is 10.0. The number of aliphatic hydroxyl groups is 1. The SMILES string of the molecule is C=CCc1ccccc1C(O)CCCC. The van der Waals surface area contributed by atoms with Gasteiger partial charge in [0.15, 0.2) is 0 Å². The van der Waals surface area contributed by atoms with E-state index in [1.54, 1.807) is 0 Å². The van der Waals surface area contributed by atoms with Crippen LogP contribution < -0.4 is 0 Å². The maximum atomic E-state index is 10.0. The Balaban J connectivity index is 2.76. The molecule has 0 amide bonds. The first-order valence-corrected chi connectivity index (χ1v) is 5.66. The Morgan fingerprint density at radius 1 is 1.40 bits per heavy atom. The minimum atomic E-state index is -0.318. The van der Waals surface area contributed by atoms with Crippen LogP contribution in [0.2, 0.25) is 0 Å². The molecule has 0 fully saturated rings. The first kappa shape index (κ1) is 12.0. The molecule has 0 heterocycles. The third-order valence-electron chi connectivity index (χ3n) is 2.61. The third-order valence-corrected chi connectivity index (χ3v) is 2.61. The highest BCUT2D eigenvalue weighted by Crippen LogP contribution is 2.23. The molecule has 1 N–H and O–H groups in total. The van der Waals surface area contributed by atoms with E-state index in [0.717, 1.165) is 31.2 Å². The van der Waals surface area contributed by atoms with E-state index >= 15 is 0 Å². The summed E-state index contributed by atoms with van der Waals surface area (Å²) in [5.41, 5.74) is 2.25. The summed E-state index contributed by atoms with van der Waals surface area (Å²) in [4.78, 5) is 0. The Morgan fingerprint density at radius 3 is 2.80 bits per heavy atom. The van der Waals surface area contributed by atoms with Gasteiger partial charge in [-0.3, -0.25) is 0 Å². The summed E-state index contributed by atoms with van der Waals surface area (Å²) in [7, 11) is 0. The topological polar surface area (TPSA) is 20.2 Å². The summed E-state index contributed by atoms with van der Waals surface area (Å²) < 4.78 is 0. The van der Waals surface area contributed by atoms with Crippen molar-refractivity contribution in [1.82, 2.24) is 0 Å². The van der Waals surface area contributed by atoms with E-state index < -0.39 is 0 Å². The summed E-state index contributed by atoms with van der Waals surface area (Å²) in [6.07, 6.45) is 5.45. The summed E-state index contributed by atoms with van der Waals surface area (Å²) in [5, 5.41) is 10.0. The van der Waals surface area contributed by atoms with Crippen molar-refractivity contribution in [2.75, 3.05) is 0 Å². The normalized spacial score (nSPS) is 12.4. The van der Waals surface area contributed by atoms with Gasteiger partial charge in [0.1, 0.15) is 0 Å². The third kappa shape index (κ3) is 3.52. The summed E-state index contributed by atoms with van der Waals surface area (Å²) >= 11 is 0. The van der Waals surface area contributed by atoms with Gasteiger partial charge in [0.25, 0.3) is 0 Å². The molecule has 1 aromatic rings. The van der Waals surface area contributed by atoms with Gasteiger partial charge in [-0.15, -0.1) is 6.58 Å². The second-order valence-electron chi connectivity index (χ2n) is 3.85. The monoisotopic (exact) mass is 204 g/mol. The summed E-state index contributed by atoms with van der Waals surface area (Å²) in [6, 6.07) is 8.07. The molecular formula is C14H20O. The molecule has 0 aliphatic carbocycles. The van der Waals surface area contributed by atoms with Crippen LogP contribution in [0, 0.1) is 0 Å². The molecule has 15 heavy (non-hydrogen) atoms. The number of unbranched alkanes of at least 4 members (excludes halogenated alkanes) is 1. The van der Waals surface area contributed by atoms with E-state index in [0.29, 0.717) is 0 Å². The molecule has 0 spiro atoms. The summed E-state index contributed by atoms with van der Waals surface area (Å²) in [6.45, 7) is 5.88. The van der Waals surface area contributed by atoms with Gasteiger partial charge in [0, 0.05) is 0 Å². The largest absolute Gasteiger partial charge is 0.388 e. The van der Waals surface area contributed by atoms with Gasteiger partial charge in [-0.05, 0) is 24.0 Å². The molecule has 1 unspecified atom stereocenters. The number of rotatable bonds is 6. The molecule has 0 saturated carbocycles. The van der Waals surface area contributed by atoms with Crippen LogP contribution >= 0.6 is 0 Å². The molecule has 1 heteroatoms. The second-order valence-corrected chi connectivity index (χ2v) is 3.85. The maximum Gasteiger partial charge on any atom is 0.0792 e. The molecule has 1 aromatic carbocycles. The van der Waals surface area contributed by atoms with E-state index in [4.69, 9.17) is 0 Å². The molecule has 1 rings (SSSR count). The smallest absolute Gasteiger partial charge is 0.0792 e. The second kappa shape index (κ2) is 6.41. The minimum absolute atomic E-state index is 0.318. The van der Waals surface area contributed by atoms with Crippen molar-refractivity contribution >= 4 is 0 Å². The van der Waals surface area contributed by atoms with Crippen molar-refractivity contribution in [3.63, 3.8) is 0 Å². The fourth-order valence-corrected chi connectivity index (χ4v) is 1.75. The number of allylic oxidation sites excluding steroid dienone is 1. The lowest BCUT2D eigenvalue weighted by Gasteiger charge is -2.14. The van der Waals surface area contributed by atoms with Gasteiger partial charge in [0.2, 0.25) is 0 Å². The van der Waals surface area contributed by atoms with Gasteiger partial charge < -0.3 is 5.11 Å². The molecule has 82 valence electrons. The molecule has 1 nitrogen and oxygen atoms in total. The highest BCUT2D eigenvalue weighted by atomic mass is 16.3. The van der Waals surface area contributed by atoms with Gasteiger partial charge in [-0.25, -0.2) is 0 Å². The Morgan fingerprint density at radius 2 is 2.13 bits per heavy atom. The molecule has 0 radical (unpaired) electrons. The highest BCUT2D eigenvalue weighted by Gasteiger charge is 2.09. The van der Waals surface area contributed by atoms with Crippen LogP contribution in [-0.2, 0) is 6.42 Å². The van der Waals surface area contributed by atoms with Crippen LogP contribution in [-0.4, -0.2) is 5.11 Å². The Kier molecular flexibility index (Phi) is 5.13. The van der Waals surface area contributed by atoms with E-state index in [1.165, 1.54) is 5.56 Å².